The van der Waals surface area contributed by atoms with Crippen molar-refractivity contribution >= 4 is 0 Å². The highest BCUT2D eigenvalue weighted by molar-refractivity contribution is 5.01. The molecular formula is C12H21N3O. The first-order valence-corrected chi connectivity index (χ1v) is 6.02. The molecule has 1 aromatic heterocycles. The van der Waals surface area contributed by atoms with E-state index in [0.29, 0.717) is 12.5 Å². The van der Waals surface area contributed by atoms with E-state index in [4.69, 9.17) is 0 Å². The monoisotopic (exact) mass is 223 g/mol. The summed E-state index contributed by atoms with van der Waals surface area (Å²) >= 11 is 0. The summed E-state index contributed by atoms with van der Waals surface area (Å²) in [5, 5.41) is 14.9. The zero-order valence-corrected chi connectivity index (χ0v) is 10.3. The van der Waals surface area contributed by atoms with Gasteiger partial charge in [0.2, 0.25) is 0 Å². The van der Waals surface area contributed by atoms with Crippen molar-refractivity contribution in [1.29, 1.82) is 0 Å². The second kappa shape index (κ2) is 3.84. The van der Waals surface area contributed by atoms with Gasteiger partial charge in [-0.3, -0.25) is 4.68 Å². The molecule has 2 unspecified atom stereocenters. The largest absolute Gasteiger partial charge is 0.387 e. The molecule has 1 aliphatic carbocycles. The van der Waals surface area contributed by atoms with Crippen molar-refractivity contribution in [2.45, 2.75) is 52.2 Å². The Morgan fingerprint density at radius 2 is 2.19 bits per heavy atom. The fourth-order valence-electron chi connectivity index (χ4n) is 2.89. The van der Waals surface area contributed by atoms with Crippen LogP contribution in [0.2, 0.25) is 0 Å². The number of aromatic nitrogens is 3. The summed E-state index contributed by atoms with van der Waals surface area (Å²) in [5.41, 5.74) is -0.693. The highest BCUT2D eigenvalue weighted by Gasteiger charge is 2.51. The van der Waals surface area contributed by atoms with Crippen molar-refractivity contribution in [3.05, 3.63) is 12.7 Å². The van der Waals surface area contributed by atoms with Gasteiger partial charge in [0.05, 0.1) is 12.1 Å². The van der Waals surface area contributed by atoms with Crippen LogP contribution in [0.15, 0.2) is 12.7 Å². The van der Waals surface area contributed by atoms with Gasteiger partial charge in [0.25, 0.3) is 0 Å². The molecule has 4 nitrogen and oxygen atoms in total. The lowest BCUT2D eigenvalue weighted by Gasteiger charge is -2.36. The van der Waals surface area contributed by atoms with Crippen LogP contribution in [0.1, 0.15) is 40.0 Å². The fraction of sp³-hybridized carbons (Fsp3) is 0.833. The van der Waals surface area contributed by atoms with Gasteiger partial charge in [-0.15, -0.1) is 0 Å². The van der Waals surface area contributed by atoms with Crippen LogP contribution in [0, 0.1) is 11.3 Å². The summed E-state index contributed by atoms with van der Waals surface area (Å²) in [6.45, 7) is 7.05. The summed E-state index contributed by atoms with van der Waals surface area (Å²) in [6, 6.07) is 0. The van der Waals surface area contributed by atoms with Gasteiger partial charge in [-0.2, -0.15) is 5.10 Å². The highest BCUT2D eigenvalue weighted by atomic mass is 16.3. The minimum absolute atomic E-state index is 0.0420. The first-order valence-electron chi connectivity index (χ1n) is 6.02. The Hall–Kier alpha value is -0.900. The van der Waals surface area contributed by atoms with Crippen molar-refractivity contribution in [2.75, 3.05) is 0 Å². The van der Waals surface area contributed by atoms with E-state index in [1.807, 2.05) is 0 Å². The van der Waals surface area contributed by atoms with E-state index in [1.165, 1.54) is 6.33 Å². The number of aliphatic hydroxyl groups is 1. The van der Waals surface area contributed by atoms with Gasteiger partial charge in [0, 0.05) is 0 Å². The summed E-state index contributed by atoms with van der Waals surface area (Å²) in [5.74, 6) is 0.628. The molecule has 0 radical (unpaired) electrons. The van der Waals surface area contributed by atoms with Crippen molar-refractivity contribution in [1.82, 2.24) is 14.8 Å². The van der Waals surface area contributed by atoms with E-state index >= 15 is 0 Å². The predicted molar refractivity (Wildman–Crippen MR) is 61.8 cm³/mol. The van der Waals surface area contributed by atoms with Gasteiger partial charge >= 0.3 is 0 Å². The SMILES string of the molecule is CCC1CC(C)(C)C(O)(Cn2cncn2)C1. The molecule has 1 aliphatic rings. The van der Waals surface area contributed by atoms with Crippen LogP contribution in [0.4, 0.5) is 0 Å². The van der Waals surface area contributed by atoms with Gasteiger partial charge in [-0.1, -0.05) is 27.2 Å². The Labute approximate surface area is 96.7 Å². The molecular weight excluding hydrogens is 202 g/mol. The quantitative estimate of drug-likeness (QED) is 0.851. The van der Waals surface area contributed by atoms with E-state index in [9.17, 15) is 5.11 Å². The number of nitrogens with zero attached hydrogens (tertiary/aromatic N) is 3. The smallest absolute Gasteiger partial charge is 0.137 e. The molecule has 1 aromatic rings. The third-order valence-electron chi connectivity index (χ3n) is 4.15. The normalized spacial score (nSPS) is 33.1. The summed E-state index contributed by atoms with van der Waals surface area (Å²) in [7, 11) is 0. The van der Waals surface area contributed by atoms with Gasteiger partial charge in [-0.05, 0) is 24.2 Å². The lowest BCUT2D eigenvalue weighted by Crippen LogP contribution is -2.43. The Kier molecular flexibility index (Phi) is 2.78. The molecule has 1 heterocycles. The van der Waals surface area contributed by atoms with E-state index in [1.54, 1.807) is 11.0 Å². The number of hydrogen-bond acceptors (Lipinski definition) is 3. The van der Waals surface area contributed by atoms with E-state index < -0.39 is 5.60 Å². The third kappa shape index (κ3) is 1.86. The number of hydrogen-bond donors (Lipinski definition) is 1. The summed E-state index contributed by atoms with van der Waals surface area (Å²) in [4.78, 5) is 3.92. The van der Waals surface area contributed by atoms with Gasteiger partial charge in [0.15, 0.2) is 0 Å². The Balaban J connectivity index is 2.17. The molecule has 4 heteroatoms. The second-order valence-corrected chi connectivity index (χ2v) is 5.69. The highest BCUT2D eigenvalue weighted by Crippen LogP contribution is 2.50. The van der Waals surface area contributed by atoms with Crippen molar-refractivity contribution in [3.63, 3.8) is 0 Å². The molecule has 1 N–H and O–H groups in total. The average molecular weight is 223 g/mol. The fourth-order valence-corrected chi connectivity index (χ4v) is 2.89. The van der Waals surface area contributed by atoms with Crippen LogP contribution in [-0.2, 0) is 6.54 Å². The lowest BCUT2D eigenvalue weighted by atomic mass is 9.78. The zero-order valence-electron chi connectivity index (χ0n) is 10.3. The van der Waals surface area contributed by atoms with Crippen molar-refractivity contribution < 1.29 is 5.11 Å². The van der Waals surface area contributed by atoms with Crippen molar-refractivity contribution in [3.8, 4) is 0 Å². The molecule has 90 valence electrons. The number of rotatable bonds is 3. The minimum atomic E-state index is -0.651. The summed E-state index contributed by atoms with van der Waals surface area (Å²) < 4.78 is 1.74. The molecule has 0 aromatic carbocycles. The van der Waals surface area contributed by atoms with Crippen molar-refractivity contribution in [2.24, 2.45) is 11.3 Å². The van der Waals surface area contributed by atoms with Crippen LogP contribution in [0.5, 0.6) is 0 Å². The van der Waals surface area contributed by atoms with Crippen LogP contribution < -0.4 is 0 Å². The molecule has 1 fully saturated rings. The molecule has 0 amide bonds. The first-order chi connectivity index (χ1) is 7.47. The molecule has 16 heavy (non-hydrogen) atoms. The molecule has 0 spiro atoms. The Morgan fingerprint density at radius 1 is 1.44 bits per heavy atom. The Morgan fingerprint density at radius 3 is 2.69 bits per heavy atom. The molecule has 2 rings (SSSR count). The van der Waals surface area contributed by atoms with E-state index in [2.05, 4.69) is 30.9 Å². The van der Waals surface area contributed by atoms with Gasteiger partial charge in [0.1, 0.15) is 12.7 Å². The van der Waals surface area contributed by atoms with E-state index in [-0.39, 0.29) is 5.41 Å². The van der Waals surface area contributed by atoms with Crippen LogP contribution in [0.25, 0.3) is 0 Å². The van der Waals surface area contributed by atoms with Crippen LogP contribution in [0.3, 0.4) is 0 Å². The van der Waals surface area contributed by atoms with E-state index in [0.717, 1.165) is 19.3 Å². The molecule has 2 atom stereocenters. The maximum absolute atomic E-state index is 10.8. The standard InChI is InChI=1S/C12H21N3O/c1-4-10-5-11(2,3)12(16,6-10)7-15-9-13-8-14-15/h8-10,16H,4-7H2,1-3H3. The van der Waals surface area contributed by atoms with Crippen LogP contribution in [-0.4, -0.2) is 25.5 Å². The van der Waals surface area contributed by atoms with Gasteiger partial charge in [-0.25, -0.2) is 4.98 Å². The maximum Gasteiger partial charge on any atom is 0.137 e. The zero-order chi connectivity index (χ0) is 11.8. The second-order valence-electron chi connectivity index (χ2n) is 5.69. The Bertz CT molecular complexity index is 347. The summed E-state index contributed by atoms with van der Waals surface area (Å²) in [6.07, 6.45) is 6.30. The minimum Gasteiger partial charge on any atom is -0.387 e. The third-order valence-corrected chi connectivity index (χ3v) is 4.15. The molecule has 0 aliphatic heterocycles. The van der Waals surface area contributed by atoms with Crippen LogP contribution >= 0.6 is 0 Å². The maximum atomic E-state index is 10.8. The topological polar surface area (TPSA) is 50.9 Å². The average Bonchev–Trinajstić information content (AvgIpc) is 2.75. The molecule has 0 bridgehead atoms. The van der Waals surface area contributed by atoms with Gasteiger partial charge < -0.3 is 5.11 Å². The predicted octanol–water partition coefficient (Wildman–Crippen LogP) is 1.86. The first kappa shape index (κ1) is 11.6. The molecule has 0 saturated heterocycles. The lowest BCUT2D eigenvalue weighted by molar-refractivity contribution is -0.0593. The molecule has 1 saturated carbocycles.